The Morgan fingerprint density at radius 3 is 2.52 bits per heavy atom. The highest BCUT2D eigenvalue weighted by Gasteiger charge is 2.20. The molecule has 1 unspecified atom stereocenters. The number of nitrogens with zero attached hydrogens (tertiary/aromatic N) is 5. The van der Waals surface area contributed by atoms with E-state index in [-0.39, 0.29) is 12.5 Å². The molecule has 150 valence electrons. The molecule has 9 heteroatoms. The van der Waals surface area contributed by atoms with Crippen LogP contribution in [0.3, 0.4) is 0 Å². The van der Waals surface area contributed by atoms with Gasteiger partial charge >= 0.3 is 0 Å². The molecule has 0 aliphatic rings. The quantitative estimate of drug-likeness (QED) is 0.534. The van der Waals surface area contributed by atoms with Crippen molar-refractivity contribution in [2.45, 2.75) is 25.8 Å². The lowest BCUT2D eigenvalue weighted by atomic mass is 10.1. The van der Waals surface area contributed by atoms with E-state index in [0.717, 1.165) is 0 Å². The Morgan fingerprint density at radius 2 is 1.83 bits per heavy atom. The number of imidazole rings is 2. The van der Waals surface area contributed by atoms with Gasteiger partial charge in [0.25, 0.3) is 6.43 Å². The minimum atomic E-state index is -2.58. The number of aromatic nitrogens is 5. The molecule has 29 heavy (non-hydrogen) atoms. The number of alkyl halides is 2. The third-order valence-corrected chi connectivity index (χ3v) is 4.70. The smallest absolute Gasteiger partial charge is 0.256 e. The molecule has 0 radical (unpaired) electrons. The van der Waals surface area contributed by atoms with E-state index in [4.69, 9.17) is 0 Å². The Morgan fingerprint density at radius 1 is 1.07 bits per heavy atom. The zero-order valence-electron chi connectivity index (χ0n) is 15.5. The average Bonchev–Trinajstić information content (AvgIpc) is 3.31. The van der Waals surface area contributed by atoms with E-state index >= 15 is 0 Å². The Balaban J connectivity index is 1.90. The molecule has 6 nitrogen and oxygen atoms in total. The second-order valence-electron chi connectivity index (χ2n) is 6.75. The summed E-state index contributed by atoms with van der Waals surface area (Å²) in [5, 5.41) is 14.1. The Hall–Kier alpha value is -3.20. The summed E-state index contributed by atoms with van der Waals surface area (Å²) >= 11 is 0. The van der Waals surface area contributed by atoms with Gasteiger partial charge in [0.1, 0.15) is 11.5 Å². The lowest BCUT2D eigenvalue weighted by molar-refractivity contribution is 0.127. The number of rotatable bonds is 6. The van der Waals surface area contributed by atoms with Gasteiger partial charge in [-0.25, -0.2) is 27.7 Å². The molecule has 0 aliphatic heterocycles. The number of halogens is 3. The molecule has 1 aromatic carbocycles. The molecule has 0 bridgehead atoms. The number of aliphatic hydroxyl groups is 1. The van der Waals surface area contributed by atoms with Gasteiger partial charge in [-0.3, -0.25) is 0 Å². The SMILES string of the molecule is CC(CO)c1cnc2ccc(-c3c(-c4ccc(F)cc4)ncn3CC(F)F)nn12. The molecule has 0 saturated carbocycles. The highest BCUT2D eigenvalue weighted by atomic mass is 19.3. The highest BCUT2D eigenvalue weighted by Crippen LogP contribution is 2.31. The van der Waals surface area contributed by atoms with Crippen LogP contribution in [-0.4, -0.2) is 42.3 Å². The lowest BCUT2D eigenvalue weighted by Crippen LogP contribution is -2.10. The van der Waals surface area contributed by atoms with Crippen LogP contribution in [-0.2, 0) is 6.54 Å². The standard InChI is InChI=1S/C20H18F3N5O/c1-12(10-29)16-8-24-18-7-6-15(26-28(16)18)20-19(13-2-4-14(21)5-3-13)25-11-27(20)9-17(22)23/h2-8,11-12,17,29H,9-10H2,1H3. The van der Waals surface area contributed by atoms with Crippen LogP contribution < -0.4 is 0 Å². The summed E-state index contributed by atoms with van der Waals surface area (Å²) < 4.78 is 42.5. The molecule has 3 heterocycles. The normalized spacial score (nSPS) is 12.8. The third kappa shape index (κ3) is 3.61. The summed E-state index contributed by atoms with van der Waals surface area (Å²) in [6, 6.07) is 9.08. The molecule has 0 aliphatic carbocycles. The lowest BCUT2D eigenvalue weighted by Gasteiger charge is -2.11. The van der Waals surface area contributed by atoms with Crippen molar-refractivity contribution < 1.29 is 18.3 Å². The number of hydrogen-bond donors (Lipinski definition) is 1. The minimum absolute atomic E-state index is 0.0795. The van der Waals surface area contributed by atoms with Crippen molar-refractivity contribution in [2.24, 2.45) is 0 Å². The zero-order chi connectivity index (χ0) is 20.5. The van der Waals surface area contributed by atoms with E-state index in [2.05, 4.69) is 15.1 Å². The molecule has 0 amide bonds. The van der Waals surface area contributed by atoms with Crippen molar-refractivity contribution in [3.8, 4) is 22.6 Å². The van der Waals surface area contributed by atoms with Crippen LogP contribution in [0.1, 0.15) is 18.5 Å². The summed E-state index contributed by atoms with van der Waals surface area (Å²) in [5.41, 5.74) is 3.11. The predicted molar refractivity (Wildman–Crippen MR) is 101 cm³/mol. The fourth-order valence-electron chi connectivity index (χ4n) is 3.20. The van der Waals surface area contributed by atoms with Crippen LogP contribution in [0, 0.1) is 5.82 Å². The van der Waals surface area contributed by atoms with Crippen LogP contribution in [0.25, 0.3) is 28.3 Å². The molecule has 1 atom stereocenters. The van der Waals surface area contributed by atoms with Gasteiger partial charge in [-0.15, -0.1) is 0 Å². The van der Waals surface area contributed by atoms with Crippen molar-refractivity contribution in [3.63, 3.8) is 0 Å². The first kappa shape index (κ1) is 19.1. The van der Waals surface area contributed by atoms with Gasteiger partial charge in [0, 0.05) is 11.5 Å². The average molecular weight is 401 g/mol. The van der Waals surface area contributed by atoms with Crippen molar-refractivity contribution in [3.05, 3.63) is 60.4 Å². The van der Waals surface area contributed by atoms with Crippen molar-refractivity contribution in [2.75, 3.05) is 6.61 Å². The molecule has 4 rings (SSSR count). The van der Waals surface area contributed by atoms with E-state index in [1.165, 1.54) is 23.0 Å². The van der Waals surface area contributed by atoms with Gasteiger partial charge in [-0.2, -0.15) is 5.10 Å². The second-order valence-corrected chi connectivity index (χ2v) is 6.75. The maximum atomic E-state index is 13.3. The number of benzene rings is 1. The Labute approximate surface area is 164 Å². The van der Waals surface area contributed by atoms with Gasteiger partial charge in [-0.05, 0) is 36.4 Å². The second kappa shape index (κ2) is 7.67. The van der Waals surface area contributed by atoms with Crippen molar-refractivity contribution >= 4 is 5.65 Å². The van der Waals surface area contributed by atoms with Crippen LogP contribution in [0.4, 0.5) is 13.2 Å². The molecular formula is C20H18F3N5O. The maximum Gasteiger partial charge on any atom is 0.256 e. The van der Waals surface area contributed by atoms with Crippen LogP contribution >= 0.6 is 0 Å². The molecule has 0 fully saturated rings. The largest absolute Gasteiger partial charge is 0.396 e. The van der Waals surface area contributed by atoms with E-state index in [1.54, 1.807) is 35.0 Å². The highest BCUT2D eigenvalue weighted by molar-refractivity contribution is 5.77. The fourth-order valence-corrected chi connectivity index (χ4v) is 3.20. The molecule has 3 aromatic heterocycles. The van der Waals surface area contributed by atoms with E-state index in [1.807, 2.05) is 6.92 Å². The number of hydrogen-bond acceptors (Lipinski definition) is 4. The third-order valence-electron chi connectivity index (χ3n) is 4.70. The molecule has 0 saturated heterocycles. The van der Waals surface area contributed by atoms with E-state index < -0.39 is 18.8 Å². The predicted octanol–water partition coefficient (Wildman–Crippen LogP) is 3.76. The summed E-state index contributed by atoms with van der Waals surface area (Å²) in [6.07, 6.45) is 0.382. The molecule has 1 N–H and O–H groups in total. The van der Waals surface area contributed by atoms with Crippen molar-refractivity contribution in [1.29, 1.82) is 0 Å². The van der Waals surface area contributed by atoms with Crippen LogP contribution in [0.15, 0.2) is 48.9 Å². The summed E-state index contributed by atoms with van der Waals surface area (Å²) in [6.45, 7) is 1.21. The first-order valence-electron chi connectivity index (χ1n) is 9.03. The van der Waals surface area contributed by atoms with Gasteiger partial charge in [-0.1, -0.05) is 6.92 Å². The summed E-state index contributed by atoms with van der Waals surface area (Å²) in [4.78, 5) is 8.57. The summed E-state index contributed by atoms with van der Waals surface area (Å²) in [5.74, 6) is -0.599. The molecule has 4 aromatic rings. The van der Waals surface area contributed by atoms with Crippen molar-refractivity contribution in [1.82, 2.24) is 24.1 Å². The Bertz CT molecular complexity index is 1140. The van der Waals surface area contributed by atoms with Crippen LogP contribution in [0.2, 0.25) is 0 Å². The first-order chi connectivity index (χ1) is 14.0. The summed E-state index contributed by atoms with van der Waals surface area (Å²) in [7, 11) is 0. The Kier molecular flexibility index (Phi) is 5.06. The monoisotopic (exact) mass is 401 g/mol. The maximum absolute atomic E-state index is 13.3. The topological polar surface area (TPSA) is 68.2 Å². The number of fused-ring (bicyclic) bond motifs is 1. The van der Waals surface area contributed by atoms with Gasteiger partial charge in [0.15, 0.2) is 5.65 Å². The zero-order valence-corrected chi connectivity index (χ0v) is 15.5. The van der Waals surface area contributed by atoms with E-state index in [0.29, 0.717) is 34.0 Å². The van der Waals surface area contributed by atoms with Gasteiger partial charge in [0.05, 0.1) is 42.8 Å². The minimum Gasteiger partial charge on any atom is -0.396 e. The molecular weight excluding hydrogens is 383 g/mol. The van der Waals surface area contributed by atoms with Gasteiger partial charge in [0.2, 0.25) is 0 Å². The van der Waals surface area contributed by atoms with Crippen LogP contribution in [0.5, 0.6) is 0 Å². The van der Waals surface area contributed by atoms with Gasteiger partial charge < -0.3 is 9.67 Å². The number of aliphatic hydroxyl groups excluding tert-OH is 1. The molecule has 0 spiro atoms. The fraction of sp³-hybridized carbons (Fsp3) is 0.250. The van der Waals surface area contributed by atoms with E-state index in [9.17, 15) is 18.3 Å². The first-order valence-corrected chi connectivity index (χ1v) is 9.03.